The van der Waals surface area contributed by atoms with Crippen LogP contribution in [-0.4, -0.2) is 19.8 Å². The normalized spacial score (nSPS) is 12.7. The number of benzene rings is 1. The van der Waals surface area contributed by atoms with Crippen molar-refractivity contribution in [3.05, 3.63) is 29.6 Å². The Bertz CT molecular complexity index is 529. The van der Waals surface area contributed by atoms with Gasteiger partial charge in [0.05, 0.1) is 4.90 Å². The largest absolute Gasteiger partial charge is 0.241 e. The SMILES string of the molecule is Cc1cc(F)ccc1S(=O)(=O)NC(C)(C)CCCl. The zero-order valence-electron chi connectivity index (χ0n) is 10.6. The van der Waals surface area contributed by atoms with Crippen molar-refractivity contribution in [3.8, 4) is 0 Å². The molecule has 102 valence electrons. The third-order valence-electron chi connectivity index (χ3n) is 2.56. The van der Waals surface area contributed by atoms with Gasteiger partial charge in [0, 0.05) is 11.4 Å². The molecule has 0 atom stereocenters. The van der Waals surface area contributed by atoms with Crippen LogP contribution in [0, 0.1) is 12.7 Å². The van der Waals surface area contributed by atoms with Crippen LogP contribution in [0.25, 0.3) is 0 Å². The summed E-state index contributed by atoms with van der Waals surface area (Å²) in [6.07, 6.45) is 0.508. The van der Waals surface area contributed by atoms with Crippen LogP contribution in [0.15, 0.2) is 23.1 Å². The fourth-order valence-corrected chi connectivity index (χ4v) is 3.76. The number of aryl methyl sites for hydroxylation is 1. The van der Waals surface area contributed by atoms with Gasteiger partial charge in [-0.15, -0.1) is 11.6 Å². The Hall–Kier alpha value is -0.650. The Kier molecular flexibility index (Phi) is 4.75. The summed E-state index contributed by atoms with van der Waals surface area (Å²) >= 11 is 5.63. The van der Waals surface area contributed by atoms with Crippen LogP contribution >= 0.6 is 11.6 Å². The first-order valence-corrected chi connectivity index (χ1v) is 7.56. The molecular formula is C12H17ClFNO2S. The molecule has 0 saturated heterocycles. The van der Waals surface area contributed by atoms with E-state index in [-0.39, 0.29) is 4.90 Å². The minimum absolute atomic E-state index is 0.0894. The molecule has 0 aliphatic rings. The zero-order chi connectivity index (χ0) is 14.0. The van der Waals surface area contributed by atoms with E-state index in [1.54, 1.807) is 20.8 Å². The molecule has 0 aromatic heterocycles. The van der Waals surface area contributed by atoms with Gasteiger partial charge in [-0.1, -0.05) is 0 Å². The zero-order valence-corrected chi connectivity index (χ0v) is 12.2. The predicted octanol–water partition coefficient (Wildman–Crippen LogP) is 2.82. The monoisotopic (exact) mass is 293 g/mol. The first kappa shape index (κ1) is 15.4. The Balaban J connectivity index is 3.07. The predicted molar refractivity (Wildman–Crippen MR) is 70.9 cm³/mol. The van der Waals surface area contributed by atoms with Crippen LogP contribution in [0.3, 0.4) is 0 Å². The van der Waals surface area contributed by atoms with Crippen molar-refractivity contribution in [2.45, 2.75) is 37.6 Å². The minimum Gasteiger partial charge on any atom is -0.207 e. The van der Waals surface area contributed by atoms with Gasteiger partial charge in [0.2, 0.25) is 10.0 Å². The van der Waals surface area contributed by atoms with Crippen LogP contribution in [0.5, 0.6) is 0 Å². The van der Waals surface area contributed by atoms with Crippen LogP contribution < -0.4 is 4.72 Å². The van der Waals surface area contributed by atoms with Gasteiger partial charge >= 0.3 is 0 Å². The molecule has 1 aromatic rings. The third kappa shape index (κ3) is 3.93. The summed E-state index contributed by atoms with van der Waals surface area (Å²) in [4.78, 5) is 0.0894. The summed E-state index contributed by atoms with van der Waals surface area (Å²) in [5, 5.41) is 0. The van der Waals surface area contributed by atoms with E-state index < -0.39 is 21.4 Å². The number of alkyl halides is 1. The van der Waals surface area contributed by atoms with E-state index in [1.165, 1.54) is 12.1 Å². The number of nitrogens with one attached hydrogen (secondary N) is 1. The summed E-state index contributed by atoms with van der Waals surface area (Å²) in [6, 6.07) is 3.60. The van der Waals surface area contributed by atoms with Gasteiger partial charge in [-0.3, -0.25) is 0 Å². The van der Waals surface area contributed by atoms with Gasteiger partial charge in [-0.25, -0.2) is 17.5 Å². The van der Waals surface area contributed by atoms with Gasteiger partial charge in [0.25, 0.3) is 0 Å². The minimum atomic E-state index is -3.66. The first-order valence-electron chi connectivity index (χ1n) is 5.54. The van der Waals surface area contributed by atoms with Gasteiger partial charge in [-0.2, -0.15) is 0 Å². The molecule has 0 radical (unpaired) electrons. The highest BCUT2D eigenvalue weighted by atomic mass is 35.5. The molecule has 6 heteroatoms. The van der Waals surface area contributed by atoms with Crippen LogP contribution in [-0.2, 0) is 10.0 Å². The number of sulfonamides is 1. The van der Waals surface area contributed by atoms with Gasteiger partial charge in [-0.05, 0) is 51.0 Å². The maximum atomic E-state index is 13.0. The fourth-order valence-electron chi connectivity index (χ4n) is 1.62. The molecule has 0 fully saturated rings. The maximum absolute atomic E-state index is 13.0. The van der Waals surface area contributed by atoms with Crippen LogP contribution in [0.2, 0.25) is 0 Å². The lowest BCUT2D eigenvalue weighted by Crippen LogP contribution is -2.43. The number of halogens is 2. The van der Waals surface area contributed by atoms with Gasteiger partial charge in [0.15, 0.2) is 0 Å². The molecule has 0 saturated carbocycles. The van der Waals surface area contributed by atoms with E-state index in [4.69, 9.17) is 11.6 Å². The summed E-state index contributed by atoms with van der Waals surface area (Å²) in [5.41, 5.74) is -0.259. The van der Waals surface area contributed by atoms with Gasteiger partial charge < -0.3 is 0 Å². The molecule has 1 N–H and O–H groups in total. The number of hydrogen-bond acceptors (Lipinski definition) is 2. The molecule has 0 bridgehead atoms. The number of hydrogen-bond donors (Lipinski definition) is 1. The smallest absolute Gasteiger partial charge is 0.207 e. The Morgan fingerprint density at radius 2 is 2.00 bits per heavy atom. The van der Waals surface area contributed by atoms with Crippen molar-refractivity contribution < 1.29 is 12.8 Å². The fraction of sp³-hybridized carbons (Fsp3) is 0.500. The summed E-state index contributed by atoms with van der Waals surface area (Å²) < 4.78 is 39.9. The van der Waals surface area contributed by atoms with Crippen molar-refractivity contribution in [3.63, 3.8) is 0 Å². The maximum Gasteiger partial charge on any atom is 0.241 e. The second kappa shape index (κ2) is 5.55. The third-order valence-corrected chi connectivity index (χ3v) is 4.60. The second-order valence-electron chi connectivity index (χ2n) is 4.84. The summed E-state index contributed by atoms with van der Waals surface area (Å²) in [5.74, 6) is -0.0933. The van der Waals surface area contributed by atoms with Gasteiger partial charge in [0.1, 0.15) is 5.82 Å². The van der Waals surface area contributed by atoms with Crippen LogP contribution in [0.4, 0.5) is 4.39 Å². The second-order valence-corrected chi connectivity index (χ2v) is 6.87. The summed E-state index contributed by atoms with van der Waals surface area (Å²) in [7, 11) is -3.66. The van der Waals surface area contributed by atoms with Crippen molar-refractivity contribution in [1.82, 2.24) is 4.72 Å². The van der Waals surface area contributed by atoms with E-state index in [0.717, 1.165) is 6.07 Å². The van der Waals surface area contributed by atoms with E-state index >= 15 is 0 Å². The average molecular weight is 294 g/mol. The molecule has 0 aliphatic heterocycles. The molecule has 0 heterocycles. The molecule has 0 spiro atoms. The Morgan fingerprint density at radius 3 is 2.50 bits per heavy atom. The average Bonchev–Trinajstić information content (AvgIpc) is 2.14. The van der Waals surface area contributed by atoms with Crippen LogP contribution in [0.1, 0.15) is 25.8 Å². The number of rotatable bonds is 5. The van der Waals surface area contributed by atoms with Crippen molar-refractivity contribution >= 4 is 21.6 Å². The molecule has 0 aliphatic carbocycles. The molecule has 0 amide bonds. The highest BCUT2D eigenvalue weighted by molar-refractivity contribution is 7.89. The first-order chi connectivity index (χ1) is 8.18. The highest BCUT2D eigenvalue weighted by Crippen LogP contribution is 2.19. The van der Waals surface area contributed by atoms with Crippen molar-refractivity contribution in [2.24, 2.45) is 0 Å². The summed E-state index contributed by atoms with van der Waals surface area (Å²) in [6.45, 7) is 5.07. The molecule has 1 rings (SSSR count). The molecule has 0 unspecified atom stereocenters. The van der Waals surface area contributed by atoms with E-state index in [0.29, 0.717) is 17.9 Å². The lowest BCUT2D eigenvalue weighted by atomic mass is 10.0. The molecular weight excluding hydrogens is 277 g/mol. The topological polar surface area (TPSA) is 46.2 Å². The lowest BCUT2D eigenvalue weighted by Gasteiger charge is -2.25. The van der Waals surface area contributed by atoms with Crippen molar-refractivity contribution in [1.29, 1.82) is 0 Å². The van der Waals surface area contributed by atoms with E-state index in [2.05, 4.69) is 4.72 Å². The van der Waals surface area contributed by atoms with E-state index in [1.807, 2.05) is 0 Å². The molecule has 3 nitrogen and oxygen atoms in total. The highest BCUT2D eigenvalue weighted by Gasteiger charge is 2.26. The lowest BCUT2D eigenvalue weighted by molar-refractivity contribution is 0.441. The van der Waals surface area contributed by atoms with E-state index in [9.17, 15) is 12.8 Å². The molecule has 18 heavy (non-hydrogen) atoms. The quantitative estimate of drug-likeness (QED) is 0.849. The Labute approximate surface area is 112 Å². The Morgan fingerprint density at radius 1 is 1.39 bits per heavy atom. The molecule has 1 aromatic carbocycles. The van der Waals surface area contributed by atoms with Crippen molar-refractivity contribution in [2.75, 3.05) is 5.88 Å². The standard InChI is InChI=1S/C12H17ClFNO2S/c1-9-8-10(14)4-5-11(9)18(16,17)15-12(2,3)6-7-13/h4-5,8,15H,6-7H2,1-3H3.